The first-order chi connectivity index (χ1) is 5.22. The van der Waals surface area contributed by atoms with Crippen molar-refractivity contribution in [1.82, 2.24) is 0 Å². The van der Waals surface area contributed by atoms with E-state index in [-0.39, 0.29) is 0 Å². The molecule has 0 saturated heterocycles. The molecule has 1 saturated carbocycles. The summed E-state index contributed by atoms with van der Waals surface area (Å²) in [6, 6.07) is 0.454. The average molecular weight is 155 g/mol. The van der Waals surface area contributed by atoms with Crippen LogP contribution in [0, 0.1) is 11.8 Å². The van der Waals surface area contributed by atoms with Crippen LogP contribution in [0.15, 0.2) is 0 Å². The fraction of sp³-hybridized carbons (Fsp3) is 1.00. The Morgan fingerprint density at radius 3 is 2.09 bits per heavy atom. The highest BCUT2D eigenvalue weighted by Gasteiger charge is 2.22. The molecule has 1 rings (SSSR count). The summed E-state index contributed by atoms with van der Waals surface area (Å²) in [5.74, 6) is 1.49. The normalized spacial score (nSPS) is 24.0. The highest BCUT2D eigenvalue weighted by atomic mass is 14.7. The predicted molar refractivity (Wildman–Crippen MR) is 49.4 cm³/mol. The summed E-state index contributed by atoms with van der Waals surface area (Å²) in [5, 5.41) is 0. The Morgan fingerprint density at radius 2 is 1.64 bits per heavy atom. The first-order valence-corrected chi connectivity index (χ1v) is 4.97. The highest BCUT2D eigenvalue weighted by molar-refractivity contribution is 4.78. The third-order valence-corrected chi connectivity index (χ3v) is 2.96. The van der Waals surface area contributed by atoms with Gasteiger partial charge in [-0.1, -0.05) is 33.1 Å². The van der Waals surface area contributed by atoms with Crippen LogP contribution in [0.1, 0.15) is 46.0 Å². The molecular formula is C10H21N. The topological polar surface area (TPSA) is 26.0 Å². The minimum absolute atomic E-state index is 0.454. The van der Waals surface area contributed by atoms with Crippen LogP contribution in [-0.2, 0) is 0 Å². The van der Waals surface area contributed by atoms with Gasteiger partial charge >= 0.3 is 0 Å². The van der Waals surface area contributed by atoms with Gasteiger partial charge in [-0.15, -0.1) is 0 Å². The Kier molecular flexibility index (Phi) is 3.38. The molecule has 1 atom stereocenters. The molecule has 1 fully saturated rings. The van der Waals surface area contributed by atoms with Crippen molar-refractivity contribution in [3.8, 4) is 0 Å². The smallest absolute Gasteiger partial charge is 0.00903 e. The first-order valence-electron chi connectivity index (χ1n) is 4.97. The van der Waals surface area contributed by atoms with Gasteiger partial charge in [-0.3, -0.25) is 0 Å². The molecule has 1 aliphatic rings. The minimum Gasteiger partial charge on any atom is -0.327 e. The van der Waals surface area contributed by atoms with Gasteiger partial charge in [0.05, 0.1) is 0 Å². The highest BCUT2D eigenvalue weighted by Crippen LogP contribution is 2.28. The SMILES string of the molecule is CC(C)[C@H](N)C1CCCCC1. The Bertz CT molecular complexity index is 103. The standard InChI is InChI=1S/C10H21N/c1-8(2)10(11)9-6-4-3-5-7-9/h8-10H,3-7,11H2,1-2H3/t10-/m0/s1. The third-order valence-electron chi connectivity index (χ3n) is 2.96. The van der Waals surface area contributed by atoms with Crippen LogP contribution >= 0.6 is 0 Å². The van der Waals surface area contributed by atoms with E-state index in [2.05, 4.69) is 13.8 Å². The average Bonchev–Trinajstić information content (AvgIpc) is 2.05. The van der Waals surface area contributed by atoms with Crippen molar-refractivity contribution in [2.24, 2.45) is 17.6 Å². The molecule has 0 aromatic heterocycles. The summed E-state index contributed by atoms with van der Waals surface area (Å²) in [7, 11) is 0. The predicted octanol–water partition coefficient (Wildman–Crippen LogP) is 2.55. The zero-order chi connectivity index (χ0) is 8.27. The molecule has 2 N–H and O–H groups in total. The van der Waals surface area contributed by atoms with Gasteiger partial charge in [-0.05, 0) is 24.7 Å². The number of rotatable bonds is 2. The third kappa shape index (κ3) is 2.48. The Hall–Kier alpha value is -0.0400. The van der Waals surface area contributed by atoms with Gasteiger partial charge in [0.1, 0.15) is 0 Å². The molecule has 0 aliphatic heterocycles. The summed E-state index contributed by atoms with van der Waals surface area (Å²) in [5.41, 5.74) is 6.09. The molecule has 0 aromatic carbocycles. The molecule has 0 radical (unpaired) electrons. The van der Waals surface area contributed by atoms with Crippen LogP contribution in [0.25, 0.3) is 0 Å². The van der Waals surface area contributed by atoms with Crippen LogP contribution in [0.4, 0.5) is 0 Å². The van der Waals surface area contributed by atoms with E-state index in [4.69, 9.17) is 5.73 Å². The summed E-state index contributed by atoms with van der Waals surface area (Å²) in [4.78, 5) is 0. The molecule has 0 aromatic rings. The van der Waals surface area contributed by atoms with Gasteiger partial charge in [0, 0.05) is 6.04 Å². The van der Waals surface area contributed by atoms with E-state index in [0.29, 0.717) is 12.0 Å². The molecule has 0 amide bonds. The van der Waals surface area contributed by atoms with Crippen LogP contribution in [-0.4, -0.2) is 6.04 Å². The van der Waals surface area contributed by atoms with Gasteiger partial charge in [0.2, 0.25) is 0 Å². The maximum absolute atomic E-state index is 6.09. The lowest BCUT2D eigenvalue weighted by Gasteiger charge is -2.29. The van der Waals surface area contributed by atoms with Gasteiger partial charge in [-0.2, -0.15) is 0 Å². The second kappa shape index (κ2) is 4.10. The van der Waals surface area contributed by atoms with E-state index in [1.54, 1.807) is 0 Å². The minimum atomic E-state index is 0.454. The number of nitrogens with two attached hydrogens (primary N) is 1. The van der Waals surface area contributed by atoms with Crippen molar-refractivity contribution in [3.05, 3.63) is 0 Å². The Labute approximate surface area is 70.4 Å². The van der Waals surface area contributed by atoms with E-state index in [1.165, 1.54) is 32.1 Å². The summed E-state index contributed by atoms with van der Waals surface area (Å²) in [6.45, 7) is 4.47. The van der Waals surface area contributed by atoms with Crippen LogP contribution < -0.4 is 5.73 Å². The monoisotopic (exact) mass is 155 g/mol. The largest absolute Gasteiger partial charge is 0.327 e. The van der Waals surface area contributed by atoms with Crippen molar-refractivity contribution >= 4 is 0 Å². The van der Waals surface area contributed by atoms with Crippen LogP contribution in [0.5, 0.6) is 0 Å². The zero-order valence-electron chi connectivity index (χ0n) is 7.84. The second-order valence-electron chi connectivity index (χ2n) is 4.22. The molecular weight excluding hydrogens is 134 g/mol. The van der Waals surface area contributed by atoms with Crippen LogP contribution in [0.2, 0.25) is 0 Å². The van der Waals surface area contributed by atoms with Crippen molar-refractivity contribution in [2.75, 3.05) is 0 Å². The molecule has 0 heterocycles. The molecule has 0 spiro atoms. The lowest BCUT2D eigenvalue weighted by molar-refractivity contribution is 0.262. The van der Waals surface area contributed by atoms with Gasteiger partial charge in [0.25, 0.3) is 0 Å². The van der Waals surface area contributed by atoms with E-state index in [9.17, 15) is 0 Å². The second-order valence-corrected chi connectivity index (χ2v) is 4.22. The maximum Gasteiger partial charge on any atom is 0.00903 e. The summed E-state index contributed by atoms with van der Waals surface area (Å²) in [6.07, 6.45) is 7.00. The van der Waals surface area contributed by atoms with E-state index >= 15 is 0 Å². The molecule has 0 unspecified atom stereocenters. The molecule has 1 aliphatic carbocycles. The zero-order valence-corrected chi connectivity index (χ0v) is 7.84. The molecule has 0 bridgehead atoms. The van der Waals surface area contributed by atoms with Crippen molar-refractivity contribution in [2.45, 2.75) is 52.0 Å². The number of hydrogen-bond acceptors (Lipinski definition) is 1. The molecule has 66 valence electrons. The van der Waals surface area contributed by atoms with Crippen molar-refractivity contribution in [1.29, 1.82) is 0 Å². The van der Waals surface area contributed by atoms with E-state index in [1.807, 2.05) is 0 Å². The fourth-order valence-electron chi connectivity index (χ4n) is 2.06. The van der Waals surface area contributed by atoms with E-state index in [0.717, 1.165) is 5.92 Å². The van der Waals surface area contributed by atoms with E-state index < -0.39 is 0 Å². The van der Waals surface area contributed by atoms with Gasteiger partial charge < -0.3 is 5.73 Å². The molecule has 1 heteroatoms. The quantitative estimate of drug-likeness (QED) is 0.651. The van der Waals surface area contributed by atoms with Gasteiger partial charge in [-0.25, -0.2) is 0 Å². The lowest BCUT2D eigenvalue weighted by atomic mass is 9.80. The number of hydrogen-bond donors (Lipinski definition) is 1. The van der Waals surface area contributed by atoms with Crippen molar-refractivity contribution < 1.29 is 0 Å². The maximum atomic E-state index is 6.09. The Morgan fingerprint density at radius 1 is 1.09 bits per heavy atom. The Balaban J connectivity index is 2.32. The fourth-order valence-corrected chi connectivity index (χ4v) is 2.06. The molecule has 1 nitrogen and oxygen atoms in total. The van der Waals surface area contributed by atoms with Crippen LogP contribution in [0.3, 0.4) is 0 Å². The molecule has 11 heavy (non-hydrogen) atoms. The summed E-state index contributed by atoms with van der Waals surface area (Å²) < 4.78 is 0. The van der Waals surface area contributed by atoms with Crippen molar-refractivity contribution in [3.63, 3.8) is 0 Å². The van der Waals surface area contributed by atoms with Gasteiger partial charge in [0.15, 0.2) is 0 Å². The summed E-state index contributed by atoms with van der Waals surface area (Å²) >= 11 is 0. The lowest BCUT2D eigenvalue weighted by Crippen LogP contribution is -2.36. The first kappa shape index (κ1) is 9.05.